The van der Waals surface area contributed by atoms with E-state index in [-0.39, 0.29) is 5.56 Å². The second-order valence-corrected chi connectivity index (χ2v) is 4.17. The van der Waals surface area contributed by atoms with E-state index in [0.717, 1.165) is 6.07 Å². The Kier molecular flexibility index (Phi) is 2.12. The molecule has 0 atom stereocenters. The maximum atomic E-state index is 13.2. The summed E-state index contributed by atoms with van der Waals surface area (Å²) in [5.41, 5.74) is -1.66. The standard InChI is InChI=1S/C9H6BrF3O/c10-6-5(11)3-4(7(12)8(6)13)9(14)1-2-9/h3,14H,1-2H2. The van der Waals surface area contributed by atoms with Crippen LogP contribution in [0.5, 0.6) is 0 Å². The summed E-state index contributed by atoms with van der Waals surface area (Å²) in [6, 6.07) is 0.829. The average Bonchev–Trinajstić information content (AvgIpc) is 2.87. The minimum absolute atomic E-state index is 0.296. The highest BCUT2D eigenvalue weighted by Gasteiger charge is 2.45. The predicted molar refractivity (Wildman–Crippen MR) is 47.1 cm³/mol. The van der Waals surface area contributed by atoms with Crippen molar-refractivity contribution in [3.05, 3.63) is 33.6 Å². The molecule has 0 radical (unpaired) electrons. The molecule has 1 aliphatic rings. The molecule has 0 heterocycles. The third-order valence-electron chi connectivity index (χ3n) is 2.33. The van der Waals surface area contributed by atoms with Crippen molar-refractivity contribution in [3.8, 4) is 0 Å². The Morgan fingerprint density at radius 3 is 2.29 bits per heavy atom. The quantitative estimate of drug-likeness (QED) is 0.612. The largest absolute Gasteiger partial charge is 0.385 e. The molecular formula is C9H6BrF3O. The lowest BCUT2D eigenvalue weighted by atomic mass is 10.1. The van der Waals surface area contributed by atoms with Gasteiger partial charge in [-0.25, -0.2) is 13.2 Å². The van der Waals surface area contributed by atoms with Crippen LogP contribution in [-0.4, -0.2) is 5.11 Å². The molecule has 1 aromatic carbocycles. The summed E-state index contributed by atoms with van der Waals surface area (Å²) in [4.78, 5) is 0. The highest BCUT2D eigenvalue weighted by Crippen LogP contribution is 2.47. The average molecular weight is 267 g/mol. The molecule has 1 nitrogen and oxygen atoms in total. The van der Waals surface area contributed by atoms with E-state index in [1.54, 1.807) is 0 Å². The zero-order valence-electron chi connectivity index (χ0n) is 6.95. The maximum Gasteiger partial charge on any atom is 0.176 e. The van der Waals surface area contributed by atoms with Crippen LogP contribution in [-0.2, 0) is 5.60 Å². The summed E-state index contributed by atoms with van der Waals surface area (Å²) < 4.78 is 38.8. The van der Waals surface area contributed by atoms with Crippen molar-refractivity contribution < 1.29 is 18.3 Å². The fraction of sp³-hybridized carbons (Fsp3) is 0.333. The van der Waals surface area contributed by atoms with Crippen LogP contribution in [0.25, 0.3) is 0 Å². The van der Waals surface area contributed by atoms with Gasteiger partial charge in [0.2, 0.25) is 0 Å². The SMILES string of the molecule is OC1(c2cc(F)c(Br)c(F)c2F)CC1. The van der Waals surface area contributed by atoms with Gasteiger partial charge in [0.25, 0.3) is 0 Å². The van der Waals surface area contributed by atoms with Crippen LogP contribution in [0.15, 0.2) is 10.5 Å². The Bertz CT molecular complexity index is 402. The third-order valence-corrected chi connectivity index (χ3v) is 3.05. The topological polar surface area (TPSA) is 20.2 Å². The summed E-state index contributed by atoms with van der Waals surface area (Å²) in [6.45, 7) is 0. The van der Waals surface area contributed by atoms with Gasteiger partial charge in [0.15, 0.2) is 11.6 Å². The lowest BCUT2D eigenvalue weighted by molar-refractivity contribution is 0.145. The molecule has 0 amide bonds. The second kappa shape index (κ2) is 2.97. The van der Waals surface area contributed by atoms with E-state index in [1.807, 2.05) is 0 Å². The molecule has 0 aromatic heterocycles. The van der Waals surface area contributed by atoms with Gasteiger partial charge in [-0.1, -0.05) is 0 Å². The highest BCUT2D eigenvalue weighted by atomic mass is 79.9. The van der Waals surface area contributed by atoms with Crippen molar-refractivity contribution in [3.63, 3.8) is 0 Å². The molecule has 14 heavy (non-hydrogen) atoms. The monoisotopic (exact) mass is 266 g/mol. The molecule has 76 valence electrons. The first kappa shape index (κ1) is 9.98. The third kappa shape index (κ3) is 1.35. The molecule has 1 aliphatic carbocycles. The summed E-state index contributed by atoms with van der Waals surface area (Å²) in [6.07, 6.45) is 0.675. The molecular weight excluding hydrogens is 261 g/mol. The van der Waals surface area contributed by atoms with Gasteiger partial charge in [-0.3, -0.25) is 0 Å². The maximum absolute atomic E-state index is 13.2. The molecule has 1 aromatic rings. The number of halogens is 4. The van der Waals surface area contributed by atoms with Crippen LogP contribution in [0.4, 0.5) is 13.2 Å². The van der Waals surface area contributed by atoms with E-state index in [2.05, 4.69) is 15.9 Å². The summed E-state index contributed by atoms with van der Waals surface area (Å²) in [7, 11) is 0. The molecule has 1 saturated carbocycles. The van der Waals surface area contributed by atoms with Gasteiger partial charge in [0.1, 0.15) is 5.82 Å². The van der Waals surface area contributed by atoms with Gasteiger partial charge in [0, 0.05) is 5.56 Å². The Hall–Kier alpha value is -0.550. The van der Waals surface area contributed by atoms with E-state index in [0.29, 0.717) is 12.8 Å². The van der Waals surface area contributed by atoms with Crippen molar-refractivity contribution in [2.45, 2.75) is 18.4 Å². The van der Waals surface area contributed by atoms with E-state index in [9.17, 15) is 18.3 Å². The second-order valence-electron chi connectivity index (χ2n) is 3.38. The van der Waals surface area contributed by atoms with E-state index < -0.39 is 27.5 Å². The molecule has 2 rings (SSSR count). The first-order valence-electron chi connectivity index (χ1n) is 4.01. The van der Waals surface area contributed by atoms with E-state index in [4.69, 9.17) is 0 Å². The Morgan fingerprint density at radius 2 is 1.79 bits per heavy atom. The van der Waals surface area contributed by atoms with Gasteiger partial charge >= 0.3 is 0 Å². The van der Waals surface area contributed by atoms with Crippen LogP contribution in [0.2, 0.25) is 0 Å². The highest BCUT2D eigenvalue weighted by molar-refractivity contribution is 9.10. The lowest BCUT2D eigenvalue weighted by Crippen LogP contribution is -2.10. The van der Waals surface area contributed by atoms with Crippen molar-refractivity contribution in [2.24, 2.45) is 0 Å². The molecule has 0 saturated heterocycles. The Labute approximate surface area is 86.7 Å². The molecule has 0 aliphatic heterocycles. The summed E-state index contributed by atoms with van der Waals surface area (Å²) >= 11 is 2.58. The van der Waals surface area contributed by atoms with Gasteiger partial charge in [-0.2, -0.15) is 0 Å². The van der Waals surface area contributed by atoms with E-state index >= 15 is 0 Å². The molecule has 1 fully saturated rings. The molecule has 0 unspecified atom stereocenters. The van der Waals surface area contributed by atoms with Crippen LogP contribution in [0.1, 0.15) is 18.4 Å². The fourth-order valence-corrected chi connectivity index (χ4v) is 1.59. The van der Waals surface area contributed by atoms with Crippen LogP contribution in [0, 0.1) is 17.5 Å². The first-order valence-corrected chi connectivity index (χ1v) is 4.81. The fourth-order valence-electron chi connectivity index (χ4n) is 1.30. The van der Waals surface area contributed by atoms with Crippen LogP contribution >= 0.6 is 15.9 Å². The molecule has 0 spiro atoms. The number of rotatable bonds is 1. The Morgan fingerprint density at radius 1 is 1.21 bits per heavy atom. The van der Waals surface area contributed by atoms with Crippen LogP contribution in [0.3, 0.4) is 0 Å². The number of hydrogen-bond donors (Lipinski definition) is 1. The Balaban J connectivity index is 2.62. The normalized spacial score (nSPS) is 18.4. The molecule has 5 heteroatoms. The van der Waals surface area contributed by atoms with Gasteiger partial charge < -0.3 is 5.11 Å². The molecule has 0 bridgehead atoms. The van der Waals surface area contributed by atoms with E-state index in [1.165, 1.54) is 0 Å². The number of aliphatic hydroxyl groups is 1. The van der Waals surface area contributed by atoms with Gasteiger partial charge in [-0.15, -0.1) is 0 Å². The minimum atomic E-state index is -1.37. The number of hydrogen-bond acceptors (Lipinski definition) is 1. The van der Waals surface area contributed by atoms with Crippen molar-refractivity contribution >= 4 is 15.9 Å². The zero-order valence-corrected chi connectivity index (χ0v) is 8.54. The summed E-state index contributed by atoms with van der Waals surface area (Å²) in [5.74, 6) is -3.38. The molecule has 1 N–H and O–H groups in total. The van der Waals surface area contributed by atoms with Crippen molar-refractivity contribution in [1.29, 1.82) is 0 Å². The summed E-state index contributed by atoms with van der Waals surface area (Å²) in [5, 5.41) is 9.53. The van der Waals surface area contributed by atoms with Crippen molar-refractivity contribution in [2.75, 3.05) is 0 Å². The predicted octanol–water partition coefficient (Wildman–Crippen LogP) is 2.85. The van der Waals surface area contributed by atoms with Crippen LogP contribution < -0.4 is 0 Å². The minimum Gasteiger partial charge on any atom is -0.385 e. The van der Waals surface area contributed by atoms with Gasteiger partial charge in [-0.05, 0) is 34.8 Å². The smallest absolute Gasteiger partial charge is 0.176 e. The lowest BCUT2D eigenvalue weighted by Gasteiger charge is -2.11. The first-order chi connectivity index (χ1) is 6.46. The van der Waals surface area contributed by atoms with Crippen molar-refractivity contribution in [1.82, 2.24) is 0 Å². The zero-order chi connectivity index (χ0) is 10.5. The number of benzene rings is 1. The van der Waals surface area contributed by atoms with Gasteiger partial charge in [0.05, 0.1) is 10.1 Å².